The van der Waals surface area contributed by atoms with Gasteiger partial charge in [0.25, 0.3) is 0 Å². The first-order chi connectivity index (χ1) is 5.04. The van der Waals surface area contributed by atoms with Crippen LogP contribution in [0.15, 0.2) is 11.6 Å². The summed E-state index contributed by atoms with van der Waals surface area (Å²) in [6, 6.07) is 0. The minimum absolute atomic E-state index is 0.111. The molecule has 0 aromatic heterocycles. The van der Waals surface area contributed by atoms with Crippen LogP contribution in [0.1, 0.15) is 13.8 Å². The first-order valence-electron chi connectivity index (χ1n) is 3.62. The molecule has 3 atom stereocenters. The topological polar surface area (TPSA) is 57.5 Å². The predicted molar refractivity (Wildman–Crippen MR) is 39.9 cm³/mol. The number of rotatable bonds is 0. The Bertz CT molecular complexity index is 207. The number of carbonyl (C=O) groups is 1. The van der Waals surface area contributed by atoms with E-state index in [1.165, 1.54) is 6.08 Å². The van der Waals surface area contributed by atoms with Crippen LogP contribution in [0.25, 0.3) is 0 Å². The molecule has 1 aliphatic rings. The molecule has 2 N–H and O–H groups in total. The fraction of sp³-hybridized carbons (Fsp3) is 0.625. The zero-order valence-corrected chi connectivity index (χ0v) is 6.61. The molecule has 11 heavy (non-hydrogen) atoms. The molecule has 1 aliphatic carbocycles. The fourth-order valence-corrected chi connectivity index (χ4v) is 1.15. The number of carbonyl (C=O) groups excluding carboxylic acids is 1. The normalized spacial score (nSPS) is 38.7. The van der Waals surface area contributed by atoms with Crippen molar-refractivity contribution in [3.63, 3.8) is 0 Å². The van der Waals surface area contributed by atoms with Crippen molar-refractivity contribution in [2.75, 3.05) is 0 Å². The van der Waals surface area contributed by atoms with Crippen LogP contribution < -0.4 is 0 Å². The molecule has 0 aromatic rings. The van der Waals surface area contributed by atoms with Gasteiger partial charge < -0.3 is 10.2 Å². The number of hydrogen-bond donors (Lipinski definition) is 2. The van der Waals surface area contributed by atoms with Crippen molar-refractivity contribution in [3.8, 4) is 0 Å². The van der Waals surface area contributed by atoms with Crippen LogP contribution in [0, 0.1) is 5.92 Å². The number of aliphatic hydroxyl groups excluding tert-OH is 2. The van der Waals surface area contributed by atoms with Gasteiger partial charge in [-0.3, -0.25) is 4.79 Å². The van der Waals surface area contributed by atoms with Crippen molar-refractivity contribution in [3.05, 3.63) is 11.6 Å². The van der Waals surface area contributed by atoms with Crippen LogP contribution in [0.5, 0.6) is 0 Å². The molecule has 3 unspecified atom stereocenters. The molecular formula is C8H12O3. The molecule has 0 bridgehead atoms. The van der Waals surface area contributed by atoms with Crippen LogP contribution in [0.4, 0.5) is 0 Å². The maximum Gasteiger partial charge on any atom is 0.161 e. The summed E-state index contributed by atoms with van der Waals surface area (Å²) in [6.45, 7) is 3.25. The standard InChI is InChI=1S/C8H12O3/c1-4-3-6(9)5(2)8(11)7(4)10/h3,5,7-8,10-11H,1-2H3. The van der Waals surface area contributed by atoms with Crippen LogP contribution >= 0.6 is 0 Å². The second-order valence-corrected chi connectivity index (χ2v) is 3.01. The Balaban J connectivity index is 2.92. The van der Waals surface area contributed by atoms with Crippen LogP contribution in [0.2, 0.25) is 0 Å². The van der Waals surface area contributed by atoms with Crippen LogP contribution in [0.3, 0.4) is 0 Å². The fourth-order valence-electron chi connectivity index (χ4n) is 1.15. The van der Waals surface area contributed by atoms with Crippen molar-refractivity contribution < 1.29 is 15.0 Å². The highest BCUT2D eigenvalue weighted by Crippen LogP contribution is 2.20. The van der Waals surface area contributed by atoms with Crippen molar-refractivity contribution >= 4 is 5.78 Å². The van der Waals surface area contributed by atoms with E-state index in [4.69, 9.17) is 0 Å². The molecule has 0 amide bonds. The van der Waals surface area contributed by atoms with Crippen molar-refractivity contribution in [1.82, 2.24) is 0 Å². The van der Waals surface area contributed by atoms with E-state index in [1.807, 2.05) is 0 Å². The Morgan fingerprint density at radius 2 is 2.00 bits per heavy atom. The molecule has 0 aliphatic heterocycles. The average Bonchev–Trinajstić information content (AvgIpc) is 1.97. The minimum Gasteiger partial charge on any atom is -0.389 e. The maximum atomic E-state index is 11.0. The van der Waals surface area contributed by atoms with Gasteiger partial charge in [-0.1, -0.05) is 6.92 Å². The third-order valence-electron chi connectivity index (χ3n) is 2.12. The molecule has 0 saturated carbocycles. The Morgan fingerprint density at radius 3 is 2.55 bits per heavy atom. The van der Waals surface area contributed by atoms with E-state index >= 15 is 0 Å². The van der Waals surface area contributed by atoms with Crippen molar-refractivity contribution in [2.24, 2.45) is 5.92 Å². The van der Waals surface area contributed by atoms with Gasteiger partial charge in [0.1, 0.15) is 6.10 Å². The number of hydrogen-bond acceptors (Lipinski definition) is 3. The lowest BCUT2D eigenvalue weighted by molar-refractivity contribution is -0.125. The molecule has 0 spiro atoms. The third kappa shape index (κ3) is 1.34. The molecular weight excluding hydrogens is 144 g/mol. The van der Waals surface area contributed by atoms with Gasteiger partial charge in [0.15, 0.2) is 5.78 Å². The molecule has 0 saturated heterocycles. The van der Waals surface area contributed by atoms with Gasteiger partial charge in [-0.25, -0.2) is 0 Å². The maximum absolute atomic E-state index is 11.0. The zero-order chi connectivity index (χ0) is 8.59. The molecule has 0 heterocycles. The minimum atomic E-state index is -0.938. The summed E-state index contributed by atoms with van der Waals surface area (Å²) in [4.78, 5) is 11.0. The summed E-state index contributed by atoms with van der Waals surface area (Å²) in [5.41, 5.74) is 0.542. The molecule has 0 aromatic carbocycles. The Morgan fingerprint density at radius 1 is 1.45 bits per heavy atom. The van der Waals surface area contributed by atoms with Gasteiger partial charge >= 0.3 is 0 Å². The quantitative estimate of drug-likeness (QED) is 0.513. The summed E-state index contributed by atoms with van der Waals surface area (Å²) in [5, 5.41) is 18.5. The van der Waals surface area contributed by atoms with E-state index in [2.05, 4.69) is 0 Å². The lowest BCUT2D eigenvalue weighted by Gasteiger charge is -2.27. The average molecular weight is 156 g/mol. The largest absolute Gasteiger partial charge is 0.389 e. The van der Waals surface area contributed by atoms with E-state index in [9.17, 15) is 15.0 Å². The first-order valence-corrected chi connectivity index (χ1v) is 3.62. The second-order valence-electron chi connectivity index (χ2n) is 3.01. The van der Waals surface area contributed by atoms with Gasteiger partial charge in [-0.15, -0.1) is 0 Å². The van der Waals surface area contributed by atoms with Gasteiger partial charge in [-0.2, -0.15) is 0 Å². The number of ketones is 1. The van der Waals surface area contributed by atoms with Crippen molar-refractivity contribution in [1.29, 1.82) is 0 Å². The SMILES string of the molecule is CC1=CC(=O)C(C)C(O)C1O. The highest BCUT2D eigenvalue weighted by molar-refractivity contribution is 5.93. The summed E-state index contributed by atoms with van der Waals surface area (Å²) in [5.74, 6) is -0.589. The molecule has 62 valence electrons. The molecule has 1 rings (SSSR count). The molecule has 3 heteroatoms. The molecule has 3 nitrogen and oxygen atoms in total. The lowest BCUT2D eigenvalue weighted by Crippen LogP contribution is -2.40. The van der Waals surface area contributed by atoms with Gasteiger partial charge in [0, 0.05) is 5.92 Å². The Hall–Kier alpha value is -0.670. The van der Waals surface area contributed by atoms with Crippen LogP contribution in [-0.4, -0.2) is 28.2 Å². The molecule has 0 radical (unpaired) electrons. The van der Waals surface area contributed by atoms with Crippen molar-refractivity contribution in [2.45, 2.75) is 26.1 Å². The van der Waals surface area contributed by atoms with Gasteiger partial charge in [0.05, 0.1) is 6.10 Å². The lowest BCUT2D eigenvalue weighted by atomic mass is 9.86. The Labute approximate surface area is 65.3 Å². The first kappa shape index (κ1) is 8.43. The van der Waals surface area contributed by atoms with E-state index in [0.717, 1.165) is 0 Å². The van der Waals surface area contributed by atoms with E-state index in [-0.39, 0.29) is 5.78 Å². The van der Waals surface area contributed by atoms with Gasteiger partial charge in [0.2, 0.25) is 0 Å². The number of allylic oxidation sites excluding steroid dienone is 1. The monoisotopic (exact) mass is 156 g/mol. The third-order valence-corrected chi connectivity index (χ3v) is 2.12. The summed E-state index contributed by atoms with van der Waals surface area (Å²) < 4.78 is 0. The highest BCUT2D eigenvalue weighted by atomic mass is 16.3. The predicted octanol–water partition coefficient (Wildman–Crippen LogP) is -0.127. The summed E-state index contributed by atoms with van der Waals surface area (Å²) >= 11 is 0. The molecule has 0 fully saturated rings. The smallest absolute Gasteiger partial charge is 0.161 e. The van der Waals surface area contributed by atoms with E-state index in [0.29, 0.717) is 5.57 Å². The summed E-state index contributed by atoms with van der Waals surface area (Å²) in [7, 11) is 0. The highest BCUT2D eigenvalue weighted by Gasteiger charge is 2.32. The second kappa shape index (κ2) is 2.75. The Kier molecular flexibility index (Phi) is 2.11. The van der Waals surface area contributed by atoms with Crippen LogP contribution in [-0.2, 0) is 4.79 Å². The van der Waals surface area contributed by atoms with Gasteiger partial charge in [-0.05, 0) is 18.6 Å². The van der Waals surface area contributed by atoms with E-state index < -0.39 is 18.1 Å². The number of aliphatic hydroxyl groups is 2. The summed E-state index contributed by atoms with van der Waals surface area (Å²) in [6.07, 6.45) is -0.419. The van der Waals surface area contributed by atoms with E-state index in [1.54, 1.807) is 13.8 Å². The zero-order valence-electron chi connectivity index (χ0n) is 6.61.